The SMILES string of the molecule is CCC(CO)Nc1ccc(C(F)(F)F)c(-c2[nH]nc3ncccc23)n1.OCCN(CCO)c1ccc(C(F)(F)F)c(-c2[nH]nc3ncccc23)n1.OCCNc1ccc(C(F)(F)F)c(-c2[nH]nc3ncccc23)n1. The Morgan fingerprint density at radius 1 is 0.527 bits per heavy atom. The van der Waals surface area contributed by atoms with Crippen LogP contribution in [0.1, 0.15) is 30.0 Å². The third kappa shape index (κ3) is 12.4. The zero-order valence-electron chi connectivity index (χ0n) is 38.6. The van der Waals surface area contributed by atoms with Crippen molar-refractivity contribution in [3.05, 3.63) is 108 Å². The third-order valence-electron chi connectivity index (χ3n) is 10.8. The molecule has 0 aromatic carbocycles. The second kappa shape index (κ2) is 23.2. The monoisotopic (exact) mass is 1040 g/mol. The first-order chi connectivity index (χ1) is 35.4. The number of aromatic nitrogens is 12. The van der Waals surface area contributed by atoms with Gasteiger partial charge in [0.05, 0.1) is 66.2 Å². The van der Waals surface area contributed by atoms with E-state index in [1.54, 1.807) is 36.4 Å². The number of hydrogen-bond donors (Lipinski definition) is 9. The Morgan fingerprint density at radius 2 is 0.932 bits per heavy atom. The van der Waals surface area contributed by atoms with Crippen molar-refractivity contribution in [1.29, 1.82) is 0 Å². The van der Waals surface area contributed by atoms with Crippen LogP contribution < -0.4 is 15.5 Å². The molecule has 0 spiro atoms. The maximum atomic E-state index is 13.5. The van der Waals surface area contributed by atoms with Crippen LogP contribution in [0.3, 0.4) is 0 Å². The molecule has 9 rings (SSSR count). The van der Waals surface area contributed by atoms with Crippen molar-refractivity contribution in [2.75, 3.05) is 61.6 Å². The number of nitrogens with zero attached hydrogens (tertiary/aromatic N) is 10. The Morgan fingerprint density at radius 3 is 1.32 bits per heavy atom. The van der Waals surface area contributed by atoms with Crippen molar-refractivity contribution in [1.82, 2.24) is 60.5 Å². The standard InChI is InChI=1S/C16H16F3N5O2.C16H16F3N5O.C14H12F3N5O/c17-16(18,19)11-3-4-12(24(6-8-25)7-9-26)21-14(11)13-10-2-1-5-20-15(10)23-22-13;1-2-9(8-25)21-12-6-5-11(16(17,18)19)14(22-12)13-10-4-3-7-20-15(10)24-23-13;15-14(16,17)9-3-4-10(18-6-7-23)20-12(9)11-8-2-1-5-19-13(8)22-21-11/h1-5,25-26H,6-9H2,(H,20,22,23);3-7,9,25H,2,8H2,1H3,(H,21,22)(H,20,23,24);1-5,23H,6-7H2,(H,18,20)(H,19,21,22). The van der Waals surface area contributed by atoms with Crippen LogP contribution in [0.25, 0.3) is 67.3 Å². The number of fused-ring (bicyclic) bond motifs is 3. The highest BCUT2D eigenvalue weighted by Crippen LogP contribution is 2.41. The average Bonchev–Trinajstić information content (AvgIpc) is 4.14. The van der Waals surface area contributed by atoms with Crippen molar-refractivity contribution in [2.24, 2.45) is 0 Å². The average molecular weight is 1040 g/mol. The molecule has 9 heterocycles. The van der Waals surface area contributed by atoms with E-state index in [4.69, 9.17) is 15.3 Å². The van der Waals surface area contributed by atoms with Crippen LogP contribution in [0.15, 0.2) is 91.4 Å². The molecular formula is C46H44F9N15O4. The molecule has 0 aliphatic heterocycles. The molecule has 0 amide bonds. The van der Waals surface area contributed by atoms with Gasteiger partial charge < -0.3 is 36.0 Å². The number of aromatic amines is 3. The van der Waals surface area contributed by atoms with Crippen LogP contribution in [0.5, 0.6) is 0 Å². The first kappa shape index (κ1) is 53.7. The number of halogens is 9. The van der Waals surface area contributed by atoms with E-state index in [1.165, 1.54) is 41.7 Å². The van der Waals surface area contributed by atoms with E-state index in [0.717, 1.165) is 18.2 Å². The zero-order valence-corrected chi connectivity index (χ0v) is 38.6. The zero-order chi connectivity index (χ0) is 53.2. The van der Waals surface area contributed by atoms with Crippen LogP contribution in [0.2, 0.25) is 0 Å². The molecule has 9 aromatic rings. The quantitative estimate of drug-likeness (QED) is 0.0450. The maximum absolute atomic E-state index is 13.5. The Hall–Kier alpha value is -8.08. The van der Waals surface area contributed by atoms with Gasteiger partial charge in [-0.25, -0.2) is 29.9 Å². The minimum Gasteiger partial charge on any atom is -0.395 e. The van der Waals surface area contributed by atoms with Gasteiger partial charge in [0.2, 0.25) is 0 Å². The van der Waals surface area contributed by atoms with Crippen molar-refractivity contribution in [3.63, 3.8) is 0 Å². The summed E-state index contributed by atoms with van der Waals surface area (Å²) in [7, 11) is 0. The summed E-state index contributed by atoms with van der Waals surface area (Å²) in [6.45, 7) is 1.54. The van der Waals surface area contributed by atoms with E-state index < -0.39 is 35.2 Å². The van der Waals surface area contributed by atoms with Crippen molar-refractivity contribution in [2.45, 2.75) is 37.9 Å². The lowest BCUT2D eigenvalue weighted by molar-refractivity contribution is -0.138. The predicted octanol–water partition coefficient (Wildman–Crippen LogP) is 7.49. The van der Waals surface area contributed by atoms with Gasteiger partial charge in [0.15, 0.2) is 16.9 Å². The van der Waals surface area contributed by atoms with Crippen LogP contribution >= 0.6 is 0 Å². The Labute approximate surface area is 412 Å². The number of H-pyrrole nitrogens is 3. The first-order valence-corrected chi connectivity index (χ1v) is 22.2. The fourth-order valence-corrected chi connectivity index (χ4v) is 7.32. The summed E-state index contributed by atoms with van der Waals surface area (Å²) in [4.78, 5) is 25.8. The summed E-state index contributed by atoms with van der Waals surface area (Å²) in [6, 6.07) is 15.9. The van der Waals surface area contributed by atoms with E-state index in [-0.39, 0.29) is 109 Å². The van der Waals surface area contributed by atoms with Gasteiger partial charge >= 0.3 is 18.5 Å². The maximum Gasteiger partial charge on any atom is 0.418 e. The number of pyridine rings is 6. The number of hydrogen-bond acceptors (Lipinski definition) is 16. The lowest BCUT2D eigenvalue weighted by atomic mass is 10.1. The summed E-state index contributed by atoms with van der Waals surface area (Å²) in [5, 5.41) is 62.9. The number of anilines is 3. The Balaban J connectivity index is 0.000000162. The fourth-order valence-electron chi connectivity index (χ4n) is 7.32. The van der Waals surface area contributed by atoms with Gasteiger partial charge in [-0.15, -0.1) is 0 Å². The van der Waals surface area contributed by atoms with Crippen molar-refractivity contribution < 1.29 is 59.9 Å². The minimum absolute atomic E-state index is 0.107. The first-order valence-electron chi connectivity index (χ1n) is 22.2. The number of nitrogens with one attached hydrogen (secondary N) is 5. The topological polar surface area (TPSA) is 272 Å². The van der Waals surface area contributed by atoms with Crippen molar-refractivity contribution in [3.8, 4) is 34.2 Å². The molecule has 74 heavy (non-hydrogen) atoms. The molecule has 390 valence electrons. The molecule has 0 radical (unpaired) electrons. The molecule has 9 aromatic heterocycles. The Kier molecular flexibility index (Phi) is 16.8. The molecule has 0 aliphatic carbocycles. The summed E-state index contributed by atoms with van der Waals surface area (Å²) in [5.41, 5.74) is -2.19. The van der Waals surface area contributed by atoms with E-state index in [2.05, 4.69) is 71.1 Å². The summed E-state index contributed by atoms with van der Waals surface area (Å²) in [5.74, 6) is 0.687. The molecule has 28 heteroatoms. The molecule has 0 bridgehead atoms. The Bertz CT molecular complexity index is 3280. The molecule has 1 atom stereocenters. The van der Waals surface area contributed by atoms with E-state index in [1.807, 2.05) is 6.92 Å². The van der Waals surface area contributed by atoms with Crippen LogP contribution in [0.4, 0.5) is 57.0 Å². The largest absolute Gasteiger partial charge is 0.418 e. The smallest absolute Gasteiger partial charge is 0.395 e. The van der Waals surface area contributed by atoms with Gasteiger partial charge in [-0.1, -0.05) is 6.92 Å². The second-order valence-corrected chi connectivity index (χ2v) is 15.7. The van der Waals surface area contributed by atoms with E-state index in [0.29, 0.717) is 33.9 Å². The van der Waals surface area contributed by atoms with Gasteiger partial charge in [-0.05, 0) is 79.2 Å². The van der Waals surface area contributed by atoms with Crippen LogP contribution in [-0.4, -0.2) is 133 Å². The number of alkyl halides is 9. The molecule has 1 unspecified atom stereocenters. The van der Waals surface area contributed by atoms with E-state index >= 15 is 0 Å². The van der Waals surface area contributed by atoms with Crippen LogP contribution in [0, 0.1) is 0 Å². The normalized spacial score (nSPS) is 12.3. The van der Waals surface area contributed by atoms with Gasteiger partial charge in [-0.3, -0.25) is 15.3 Å². The molecule has 19 nitrogen and oxygen atoms in total. The van der Waals surface area contributed by atoms with Gasteiger partial charge in [-0.2, -0.15) is 54.8 Å². The second-order valence-electron chi connectivity index (χ2n) is 15.7. The molecule has 0 fully saturated rings. The molecule has 0 saturated carbocycles. The highest BCUT2D eigenvalue weighted by Gasteiger charge is 2.38. The van der Waals surface area contributed by atoms with Crippen LogP contribution in [-0.2, 0) is 18.5 Å². The molecule has 9 N–H and O–H groups in total. The molecular weight excluding hydrogens is 998 g/mol. The number of aliphatic hydroxyl groups is 4. The van der Waals surface area contributed by atoms with Gasteiger partial charge in [0.25, 0.3) is 0 Å². The molecule has 0 saturated heterocycles. The lowest BCUT2D eigenvalue weighted by Crippen LogP contribution is -2.30. The highest BCUT2D eigenvalue weighted by molar-refractivity contribution is 5.92. The number of aliphatic hydroxyl groups excluding tert-OH is 4. The summed E-state index contributed by atoms with van der Waals surface area (Å²) >= 11 is 0. The van der Waals surface area contributed by atoms with Gasteiger partial charge in [0.1, 0.15) is 34.5 Å². The number of rotatable bonds is 15. The summed E-state index contributed by atoms with van der Waals surface area (Å²) < 4.78 is 121. The van der Waals surface area contributed by atoms with Gasteiger partial charge in [0, 0.05) is 54.4 Å². The summed E-state index contributed by atoms with van der Waals surface area (Å²) in [6.07, 6.45) is -8.63. The predicted molar refractivity (Wildman–Crippen MR) is 253 cm³/mol. The minimum atomic E-state index is -4.61. The molecule has 0 aliphatic rings. The fraction of sp³-hybridized carbons (Fsp3) is 0.283. The highest BCUT2D eigenvalue weighted by atomic mass is 19.4. The van der Waals surface area contributed by atoms with E-state index in [9.17, 15) is 44.6 Å². The lowest BCUT2D eigenvalue weighted by Gasteiger charge is -2.23. The van der Waals surface area contributed by atoms with Crippen molar-refractivity contribution >= 4 is 50.6 Å². The third-order valence-corrected chi connectivity index (χ3v) is 10.8.